The molecule has 0 saturated heterocycles. The number of pyridine rings is 1. The summed E-state index contributed by atoms with van der Waals surface area (Å²) in [5.74, 6) is 0.870. The van der Waals surface area contributed by atoms with Gasteiger partial charge in [0.05, 0.1) is 13.1 Å². The van der Waals surface area contributed by atoms with Gasteiger partial charge >= 0.3 is 0 Å². The third-order valence-corrected chi connectivity index (χ3v) is 6.31. The van der Waals surface area contributed by atoms with E-state index in [0.29, 0.717) is 18.5 Å². The van der Waals surface area contributed by atoms with Crippen LogP contribution in [0.4, 0.5) is 0 Å². The summed E-state index contributed by atoms with van der Waals surface area (Å²) in [7, 11) is 0. The second kappa shape index (κ2) is 12.4. The number of guanidine groups is 1. The first kappa shape index (κ1) is 24.1. The van der Waals surface area contributed by atoms with Crippen LogP contribution in [-0.2, 0) is 17.8 Å². The number of aromatic nitrogens is 1. The highest BCUT2D eigenvalue weighted by Gasteiger charge is 2.33. The highest BCUT2D eigenvalue weighted by Crippen LogP contribution is 2.40. The largest absolute Gasteiger partial charge is 0.382 e. The molecule has 32 heavy (non-hydrogen) atoms. The van der Waals surface area contributed by atoms with Gasteiger partial charge in [0.15, 0.2) is 5.96 Å². The van der Waals surface area contributed by atoms with Gasteiger partial charge in [-0.05, 0) is 55.7 Å². The monoisotopic (exact) mass is 438 g/mol. The van der Waals surface area contributed by atoms with E-state index in [4.69, 9.17) is 9.73 Å². The molecule has 1 saturated carbocycles. The molecule has 2 N–H and O–H groups in total. The first-order valence-corrected chi connectivity index (χ1v) is 12.0. The van der Waals surface area contributed by atoms with Gasteiger partial charge in [0.25, 0.3) is 5.56 Å². The van der Waals surface area contributed by atoms with Crippen molar-refractivity contribution in [3.8, 4) is 0 Å². The van der Waals surface area contributed by atoms with Gasteiger partial charge in [0, 0.05) is 38.6 Å². The number of aliphatic imine (C=N–C) groups is 1. The molecule has 0 atom stereocenters. The lowest BCUT2D eigenvalue weighted by Gasteiger charge is -2.30. The lowest BCUT2D eigenvalue weighted by molar-refractivity contribution is 0.105. The third-order valence-electron chi connectivity index (χ3n) is 6.31. The Bertz CT molecular complexity index is 899. The van der Waals surface area contributed by atoms with Crippen molar-refractivity contribution in [2.45, 2.75) is 59.0 Å². The summed E-state index contributed by atoms with van der Waals surface area (Å²) in [4.78, 5) is 16.7. The van der Waals surface area contributed by atoms with Gasteiger partial charge in [-0.2, -0.15) is 0 Å². The van der Waals surface area contributed by atoms with E-state index >= 15 is 0 Å². The van der Waals surface area contributed by atoms with Crippen LogP contribution in [0, 0.1) is 5.41 Å². The lowest BCUT2D eigenvalue weighted by Crippen LogP contribution is -2.43. The number of nitrogens with zero attached hydrogens (tertiary/aromatic N) is 2. The zero-order chi connectivity index (χ0) is 22.7. The predicted molar refractivity (Wildman–Crippen MR) is 131 cm³/mol. The molecule has 0 aliphatic heterocycles. The molecule has 1 aromatic carbocycles. The number of ether oxygens (including phenoxy) is 1. The smallest absolute Gasteiger partial charge is 0.250 e. The maximum absolute atomic E-state index is 11.9. The molecule has 6 heteroatoms. The number of nitrogens with one attached hydrogen (secondary N) is 2. The van der Waals surface area contributed by atoms with Gasteiger partial charge in [-0.3, -0.25) is 4.79 Å². The molecule has 3 rings (SSSR count). The molecule has 0 spiro atoms. The first-order valence-electron chi connectivity index (χ1n) is 12.0. The predicted octanol–water partition coefficient (Wildman–Crippen LogP) is 3.94. The van der Waals surface area contributed by atoms with E-state index in [1.807, 2.05) is 12.3 Å². The van der Waals surface area contributed by atoms with Crippen LogP contribution in [0.1, 0.15) is 57.1 Å². The van der Waals surface area contributed by atoms with Crippen molar-refractivity contribution in [1.82, 2.24) is 15.2 Å². The Morgan fingerprint density at radius 1 is 1.06 bits per heavy atom. The summed E-state index contributed by atoms with van der Waals surface area (Å²) in [5, 5.41) is 6.98. The van der Waals surface area contributed by atoms with Gasteiger partial charge in [-0.15, -0.1) is 0 Å². The molecule has 0 bridgehead atoms. The van der Waals surface area contributed by atoms with Crippen molar-refractivity contribution in [3.05, 3.63) is 70.1 Å². The fraction of sp³-hybridized carbons (Fsp3) is 0.538. The summed E-state index contributed by atoms with van der Waals surface area (Å²) in [6.45, 7) is 8.76. The van der Waals surface area contributed by atoms with E-state index in [1.165, 1.54) is 25.7 Å². The zero-order valence-electron chi connectivity index (χ0n) is 19.6. The Hall–Kier alpha value is -2.60. The SMILES string of the molecule is CCNC(=NCc1ccc(Cn2ccccc2=O)cc1)NCC1(CCOCC)CCCC1. The first-order chi connectivity index (χ1) is 15.6. The van der Waals surface area contributed by atoms with Crippen molar-refractivity contribution in [1.29, 1.82) is 0 Å². The molecule has 174 valence electrons. The maximum atomic E-state index is 11.9. The topological polar surface area (TPSA) is 67.7 Å². The van der Waals surface area contributed by atoms with Gasteiger partial charge < -0.3 is 19.9 Å². The van der Waals surface area contributed by atoms with Crippen molar-refractivity contribution >= 4 is 5.96 Å². The molecule has 1 aliphatic rings. The van der Waals surface area contributed by atoms with E-state index in [2.05, 4.69) is 48.7 Å². The van der Waals surface area contributed by atoms with Gasteiger partial charge in [-0.1, -0.05) is 43.2 Å². The molecule has 0 amide bonds. The summed E-state index contributed by atoms with van der Waals surface area (Å²) in [6.07, 6.45) is 8.07. The van der Waals surface area contributed by atoms with Crippen molar-refractivity contribution in [2.24, 2.45) is 10.4 Å². The molecule has 0 radical (unpaired) electrons. The minimum absolute atomic E-state index is 0.0174. The van der Waals surface area contributed by atoms with Crippen LogP contribution >= 0.6 is 0 Å². The molecule has 0 unspecified atom stereocenters. The van der Waals surface area contributed by atoms with Crippen LogP contribution in [0.5, 0.6) is 0 Å². The Morgan fingerprint density at radius 2 is 1.81 bits per heavy atom. The Morgan fingerprint density at radius 3 is 2.50 bits per heavy atom. The second-order valence-corrected chi connectivity index (χ2v) is 8.69. The minimum atomic E-state index is 0.0174. The van der Waals surface area contributed by atoms with Crippen molar-refractivity contribution < 1.29 is 4.74 Å². The Balaban J connectivity index is 1.57. The average Bonchev–Trinajstić information content (AvgIpc) is 3.27. The van der Waals surface area contributed by atoms with E-state index < -0.39 is 0 Å². The van der Waals surface area contributed by atoms with Crippen molar-refractivity contribution in [2.75, 3.05) is 26.3 Å². The van der Waals surface area contributed by atoms with Crippen LogP contribution < -0.4 is 16.2 Å². The second-order valence-electron chi connectivity index (χ2n) is 8.69. The summed E-state index contributed by atoms with van der Waals surface area (Å²) >= 11 is 0. The zero-order valence-corrected chi connectivity index (χ0v) is 19.6. The minimum Gasteiger partial charge on any atom is -0.382 e. The van der Waals surface area contributed by atoms with Gasteiger partial charge in [0.2, 0.25) is 0 Å². The van der Waals surface area contributed by atoms with Crippen LogP contribution in [-0.4, -0.2) is 36.8 Å². The molecular weight excluding hydrogens is 400 g/mol. The average molecular weight is 439 g/mol. The molecule has 2 aromatic rings. The summed E-state index contributed by atoms with van der Waals surface area (Å²) < 4.78 is 7.35. The van der Waals surface area contributed by atoms with E-state index in [1.54, 1.807) is 16.7 Å². The van der Waals surface area contributed by atoms with Crippen LogP contribution in [0.3, 0.4) is 0 Å². The van der Waals surface area contributed by atoms with Crippen LogP contribution in [0.2, 0.25) is 0 Å². The quantitative estimate of drug-likeness (QED) is 0.317. The van der Waals surface area contributed by atoms with E-state index in [9.17, 15) is 4.79 Å². The third kappa shape index (κ3) is 7.23. The van der Waals surface area contributed by atoms with Crippen LogP contribution in [0.15, 0.2) is 58.4 Å². The summed E-state index contributed by atoms with van der Waals surface area (Å²) in [5.41, 5.74) is 2.60. The summed E-state index contributed by atoms with van der Waals surface area (Å²) in [6, 6.07) is 13.6. The standard InChI is InChI=1S/C26H38N4O2/c1-3-27-25(29-21-26(14-6-7-15-26)16-18-32-4-2)28-19-22-10-12-23(13-11-22)20-30-17-8-5-9-24(30)31/h5,8-13,17H,3-4,6-7,14-16,18-21H2,1-2H3,(H2,27,28,29). The van der Waals surface area contributed by atoms with Gasteiger partial charge in [-0.25, -0.2) is 4.99 Å². The Labute approximate surface area is 192 Å². The molecule has 1 aromatic heterocycles. The molecule has 1 aliphatic carbocycles. The number of benzene rings is 1. The molecule has 1 fully saturated rings. The fourth-order valence-electron chi connectivity index (χ4n) is 4.39. The normalized spacial score (nSPS) is 15.6. The van der Waals surface area contributed by atoms with Crippen LogP contribution in [0.25, 0.3) is 0 Å². The lowest BCUT2D eigenvalue weighted by atomic mass is 9.83. The maximum Gasteiger partial charge on any atom is 0.250 e. The molecular formula is C26H38N4O2. The Kier molecular flexibility index (Phi) is 9.35. The highest BCUT2D eigenvalue weighted by molar-refractivity contribution is 5.79. The highest BCUT2D eigenvalue weighted by atomic mass is 16.5. The van der Waals surface area contributed by atoms with E-state index in [-0.39, 0.29) is 5.56 Å². The fourth-order valence-corrected chi connectivity index (χ4v) is 4.39. The molecule has 1 heterocycles. The van der Waals surface area contributed by atoms with E-state index in [0.717, 1.165) is 49.8 Å². The van der Waals surface area contributed by atoms with Crippen molar-refractivity contribution in [3.63, 3.8) is 0 Å². The van der Waals surface area contributed by atoms with Gasteiger partial charge in [0.1, 0.15) is 0 Å². The molecule has 6 nitrogen and oxygen atoms in total. The number of hydrogen-bond donors (Lipinski definition) is 2. The number of rotatable bonds is 11. The number of hydrogen-bond acceptors (Lipinski definition) is 3.